The van der Waals surface area contributed by atoms with Gasteiger partial charge in [-0.2, -0.15) is 0 Å². The summed E-state index contributed by atoms with van der Waals surface area (Å²) in [7, 11) is 0. The molecule has 1 nitrogen and oxygen atoms in total. The standard InChI is InChI=1S/C16H16BrF2N/c1-10(12-3-5-13(18)6-4-12)20-11(2)15-8-7-14(19)9-16(15)17/h3-11,20H,1-2H3/t10-,11?/m1/s1. The number of halogens is 3. The van der Waals surface area contributed by atoms with Crippen LogP contribution in [0.15, 0.2) is 46.9 Å². The largest absolute Gasteiger partial charge is 0.304 e. The molecule has 0 aliphatic rings. The van der Waals surface area contributed by atoms with Gasteiger partial charge in [-0.1, -0.05) is 34.1 Å². The highest BCUT2D eigenvalue weighted by atomic mass is 79.9. The van der Waals surface area contributed by atoms with E-state index in [-0.39, 0.29) is 23.7 Å². The zero-order valence-corrected chi connectivity index (χ0v) is 12.9. The van der Waals surface area contributed by atoms with Gasteiger partial charge in [-0.25, -0.2) is 8.78 Å². The van der Waals surface area contributed by atoms with Crippen molar-refractivity contribution in [1.29, 1.82) is 0 Å². The molecular formula is C16H16BrF2N. The Labute approximate surface area is 126 Å². The molecule has 2 atom stereocenters. The first-order chi connectivity index (χ1) is 9.47. The van der Waals surface area contributed by atoms with Crippen LogP contribution in [0.4, 0.5) is 8.78 Å². The number of benzene rings is 2. The lowest BCUT2D eigenvalue weighted by atomic mass is 10.0. The van der Waals surface area contributed by atoms with Gasteiger partial charge in [0.2, 0.25) is 0 Å². The van der Waals surface area contributed by atoms with Crippen molar-refractivity contribution in [2.45, 2.75) is 25.9 Å². The Kier molecular flexibility index (Phi) is 4.89. The normalized spacial score (nSPS) is 14.1. The highest BCUT2D eigenvalue weighted by molar-refractivity contribution is 9.10. The summed E-state index contributed by atoms with van der Waals surface area (Å²) in [6.07, 6.45) is 0. The van der Waals surface area contributed by atoms with Crippen LogP contribution < -0.4 is 5.32 Å². The van der Waals surface area contributed by atoms with E-state index in [4.69, 9.17) is 0 Å². The fourth-order valence-corrected chi connectivity index (χ4v) is 2.86. The maximum atomic E-state index is 13.1. The molecule has 1 N–H and O–H groups in total. The third-order valence-corrected chi connectivity index (χ3v) is 3.99. The zero-order valence-electron chi connectivity index (χ0n) is 11.3. The molecule has 0 saturated heterocycles. The van der Waals surface area contributed by atoms with Gasteiger partial charge >= 0.3 is 0 Å². The molecule has 2 rings (SSSR count). The Morgan fingerprint density at radius 2 is 1.50 bits per heavy atom. The zero-order chi connectivity index (χ0) is 14.7. The van der Waals surface area contributed by atoms with E-state index < -0.39 is 0 Å². The van der Waals surface area contributed by atoms with Crippen LogP contribution in [0.5, 0.6) is 0 Å². The van der Waals surface area contributed by atoms with Crippen molar-refractivity contribution in [1.82, 2.24) is 5.32 Å². The molecule has 106 valence electrons. The van der Waals surface area contributed by atoms with Crippen LogP contribution in [0.2, 0.25) is 0 Å². The average molecular weight is 340 g/mol. The molecule has 0 fully saturated rings. The maximum absolute atomic E-state index is 13.1. The lowest BCUT2D eigenvalue weighted by molar-refractivity contribution is 0.491. The van der Waals surface area contributed by atoms with E-state index in [1.165, 1.54) is 24.3 Å². The summed E-state index contributed by atoms with van der Waals surface area (Å²) in [5, 5.41) is 3.42. The summed E-state index contributed by atoms with van der Waals surface area (Å²) >= 11 is 3.37. The Bertz CT molecular complexity index is 584. The van der Waals surface area contributed by atoms with Crippen molar-refractivity contribution in [3.05, 3.63) is 69.7 Å². The molecule has 2 aromatic carbocycles. The topological polar surface area (TPSA) is 12.0 Å². The highest BCUT2D eigenvalue weighted by Crippen LogP contribution is 2.26. The molecule has 0 aromatic heterocycles. The molecule has 0 bridgehead atoms. The van der Waals surface area contributed by atoms with Crippen LogP contribution in [0.3, 0.4) is 0 Å². The quantitative estimate of drug-likeness (QED) is 0.813. The molecule has 0 aliphatic heterocycles. The lowest BCUT2D eigenvalue weighted by Gasteiger charge is -2.21. The Balaban J connectivity index is 2.10. The highest BCUT2D eigenvalue weighted by Gasteiger charge is 2.14. The van der Waals surface area contributed by atoms with Gasteiger partial charge in [0.15, 0.2) is 0 Å². The van der Waals surface area contributed by atoms with Crippen molar-refractivity contribution in [3.8, 4) is 0 Å². The molecule has 0 amide bonds. The second-order valence-electron chi connectivity index (χ2n) is 4.83. The van der Waals surface area contributed by atoms with E-state index in [2.05, 4.69) is 21.2 Å². The molecule has 2 aromatic rings. The van der Waals surface area contributed by atoms with Gasteiger partial charge in [0.1, 0.15) is 11.6 Å². The van der Waals surface area contributed by atoms with Gasteiger partial charge in [0, 0.05) is 16.6 Å². The molecule has 0 radical (unpaired) electrons. The van der Waals surface area contributed by atoms with Gasteiger partial charge in [-0.05, 0) is 49.2 Å². The Hall–Kier alpha value is -1.26. The van der Waals surface area contributed by atoms with Crippen molar-refractivity contribution in [2.24, 2.45) is 0 Å². The Morgan fingerprint density at radius 3 is 2.10 bits per heavy atom. The predicted octanol–water partition coefficient (Wildman–Crippen LogP) is 5.14. The first kappa shape index (κ1) is 15.1. The van der Waals surface area contributed by atoms with Gasteiger partial charge < -0.3 is 5.32 Å². The minimum absolute atomic E-state index is 0.0463. The molecule has 0 heterocycles. The molecular weight excluding hydrogens is 324 g/mol. The monoisotopic (exact) mass is 339 g/mol. The third-order valence-electron chi connectivity index (χ3n) is 3.30. The van der Waals surface area contributed by atoms with Crippen molar-refractivity contribution in [3.63, 3.8) is 0 Å². The summed E-state index contributed by atoms with van der Waals surface area (Å²) in [6.45, 7) is 4.03. The molecule has 1 unspecified atom stereocenters. The molecule has 0 saturated carbocycles. The van der Waals surface area contributed by atoms with Crippen molar-refractivity contribution in [2.75, 3.05) is 0 Å². The predicted molar refractivity (Wildman–Crippen MR) is 80.5 cm³/mol. The molecule has 0 aliphatic carbocycles. The van der Waals surface area contributed by atoms with E-state index in [9.17, 15) is 8.78 Å². The van der Waals surface area contributed by atoms with Gasteiger partial charge in [0.25, 0.3) is 0 Å². The number of rotatable bonds is 4. The van der Waals surface area contributed by atoms with E-state index in [0.29, 0.717) is 0 Å². The maximum Gasteiger partial charge on any atom is 0.124 e. The van der Waals surface area contributed by atoms with Crippen molar-refractivity contribution >= 4 is 15.9 Å². The fraction of sp³-hybridized carbons (Fsp3) is 0.250. The number of nitrogens with one attached hydrogen (secondary N) is 1. The van der Waals surface area contributed by atoms with E-state index in [0.717, 1.165) is 15.6 Å². The van der Waals surface area contributed by atoms with Crippen molar-refractivity contribution < 1.29 is 8.78 Å². The van der Waals surface area contributed by atoms with Gasteiger partial charge in [-0.15, -0.1) is 0 Å². The fourth-order valence-electron chi connectivity index (χ4n) is 2.17. The second kappa shape index (κ2) is 6.46. The van der Waals surface area contributed by atoms with Crippen LogP contribution in [0.25, 0.3) is 0 Å². The smallest absolute Gasteiger partial charge is 0.124 e. The number of hydrogen-bond donors (Lipinski definition) is 1. The van der Waals surface area contributed by atoms with E-state index in [1.54, 1.807) is 18.2 Å². The summed E-state index contributed by atoms with van der Waals surface area (Å²) in [5.74, 6) is -0.505. The minimum atomic E-state index is -0.264. The van der Waals surface area contributed by atoms with Gasteiger partial charge in [-0.3, -0.25) is 0 Å². The first-order valence-corrected chi connectivity index (χ1v) is 7.23. The third kappa shape index (κ3) is 3.64. The molecule has 20 heavy (non-hydrogen) atoms. The summed E-state index contributed by atoms with van der Waals surface area (Å²) in [4.78, 5) is 0. The number of hydrogen-bond acceptors (Lipinski definition) is 1. The van der Waals surface area contributed by atoms with Gasteiger partial charge in [0.05, 0.1) is 0 Å². The van der Waals surface area contributed by atoms with E-state index >= 15 is 0 Å². The molecule has 4 heteroatoms. The summed E-state index contributed by atoms with van der Waals surface area (Å²) in [5.41, 5.74) is 2.00. The first-order valence-electron chi connectivity index (χ1n) is 6.44. The SMILES string of the molecule is CC(N[C@H](C)c1ccc(F)cc1)c1ccc(F)cc1Br. The summed E-state index contributed by atoms with van der Waals surface area (Å²) in [6, 6.07) is 11.2. The van der Waals surface area contributed by atoms with Crippen LogP contribution in [-0.2, 0) is 0 Å². The molecule has 0 spiro atoms. The Morgan fingerprint density at radius 1 is 0.900 bits per heavy atom. The van der Waals surface area contributed by atoms with Crippen LogP contribution in [0, 0.1) is 11.6 Å². The second-order valence-corrected chi connectivity index (χ2v) is 5.68. The summed E-state index contributed by atoms with van der Waals surface area (Å²) < 4.78 is 26.7. The minimum Gasteiger partial charge on any atom is -0.304 e. The average Bonchev–Trinajstić information content (AvgIpc) is 2.39. The van der Waals surface area contributed by atoms with E-state index in [1.807, 2.05) is 13.8 Å². The van der Waals surface area contributed by atoms with Crippen LogP contribution in [-0.4, -0.2) is 0 Å². The lowest BCUT2D eigenvalue weighted by Crippen LogP contribution is -2.22. The van der Waals surface area contributed by atoms with Crippen LogP contribution >= 0.6 is 15.9 Å². The van der Waals surface area contributed by atoms with Crippen LogP contribution in [0.1, 0.15) is 37.1 Å².